The third kappa shape index (κ3) is 1.76. The van der Waals surface area contributed by atoms with E-state index in [0.717, 1.165) is 0 Å². The molecule has 2 aromatic rings. The van der Waals surface area contributed by atoms with Crippen LogP contribution in [0.3, 0.4) is 0 Å². The Balaban J connectivity index is 2.54. The summed E-state index contributed by atoms with van der Waals surface area (Å²) in [6.45, 7) is 1.96. The molecule has 0 saturated carbocycles. The fraction of sp³-hybridized carbons (Fsp3) is 0.182. The molecule has 0 bridgehead atoms. The molecule has 1 aromatic carbocycles. The van der Waals surface area contributed by atoms with Gasteiger partial charge in [-0.15, -0.1) is 0 Å². The van der Waals surface area contributed by atoms with E-state index in [1.807, 2.05) is 0 Å². The van der Waals surface area contributed by atoms with Crippen molar-refractivity contribution in [3.8, 4) is 11.3 Å². The van der Waals surface area contributed by atoms with Gasteiger partial charge in [-0.2, -0.15) is 0 Å². The zero-order valence-corrected chi connectivity index (χ0v) is 8.33. The molecule has 15 heavy (non-hydrogen) atoms. The maximum absolute atomic E-state index is 13.5. The smallest absolute Gasteiger partial charge is 0.208 e. The van der Waals surface area contributed by atoms with Crippen LogP contribution in [0.15, 0.2) is 28.7 Å². The van der Waals surface area contributed by atoms with Gasteiger partial charge >= 0.3 is 0 Å². The predicted octanol–water partition coefficient (Wildman–Crippen LogP) is 2.25. The van der Waals surface area contributed by atoms with Gasteiger partial charge in [0, 0.05) is 5.56 Å². The lowest BCUT2D eigenvalue weighted by molar-refractivity contribution is 0.474. The minimum absolute atomic E-state index is 0.218. The first-order valence-electron chi connectivity index (χ1n) is 4.63. The molecule has 0 aliphatic heterocycles. The number of nitrogens with two attached hydrogens (primary N) is 1. The zero-order valence-electron chi connectivity index (χ0n) is 8.33. The average molecular weight is 206 g/mol. The first-order chi connectivity index (χ1) is 7.22. The lowest BCUT2D eigenvalue weighted by Crippen LogP contribution is -1.95. The second kappa shape index (κ2) is 3.82. The van der Waals surface area contributed by atoms with Crippen molar-refractivity contribution >= 4 is 0 Å². The van der Waals surface area contributed by atoms with Crippen LogP contribution in [0.25, 0.3) is 11.3 Å². The maximum Gasteiger partial charge on any atom is 0.208 e. The van der Waals surface area contributed by atoms with Crippen LogP contribution in [0.4, 0.5) is 4.39 Å². The van der Waals surface area contributed by atoms with Crippen LogP contribution >= 0.6 is 0 Å². The predicted molar refractivity (Wildman–Crippen MR) is 54.5 cm³/mol. The minimum Gasteiger partial charge on any atom is -0.444 e. The molecule has 0 radical (unpaired) electrons. The van der Waals surface area contributed by atoms with Crippen LogP contribution in [0.5, 0.6) is 0 Å². The van der Waals surface area contributed by atoms with E-state index in [-0.39, 0.29) is 12.4 Å². The Labute approximate surface area is 86.7 Å². The Hall–Kier alpha value is -1.68. The van der Waals surface area contributed by atoms with Crippen molar-refractivity contribution in [2.24, 2.45) is 5.73 Å². The number of hydrogen-bond acceptors (Lipinski definition) is 3. The van der Waals surface area contributed by atoms with Crippen molar-refractivity contribution in [2.75, 3.05) is 0 Å². The fourth-order valence-corrected chi connectivity index (χ4v) is 1.44. The summed E-state index contributed by atoms with van der Waals surface area (Å²) in [4.78, 5) is 4.13. The number of aryl methyl sites for hydroxylation is 1. The Kier molecular flexibility index (Phi) is 2.51. The standard InChI is InChI=1S/C11H11FN2O/c1-7-11(14-10(6-13)15-7)8-4-2-3-5-9(8)12/h2-5H,6,13H2,1H3. The first-order valence-corrected chi connectivity index (χ1v) is 4.63. The van der Waals surface area contributed by atoms with Gasteiger partial charge < -0.3 is 10.2 Å². The van der Waals surface area contributed by atoms with Gasteiger partial charge in [0.05, 0.1) is 6.54 Å². The molecule has 0 unspecified atom stereocenters. The summed E-state index contributed by atoms with van der Waals surface area (Å²) >= 11 is 0. The zero-order chi connectivity index (χ0) is 10.8. The van der Waals surface area contributed by atoms with Gasteiger partial charge in [-0.1, -0.05) is 12.1 Å². The lowest BCUT2D eigenvalue weighted by atomic mass is 10.1. The summed E-state index contributed by atoms with van der Waals surface area (Å²) in [5, 5.41) is 0. The highest BCUT2D eigenvalue weighted by Crippen LogP contribution is 2.25. The molecule has 0 spiro atoms. The van der Waals surface area contributed by atoms with Crippen molar-refractivity contribution in [1.29, 1.82) is 0 Å². The number of benzene rings is 1. The van der Waals surface area contributed by atoms with Crippen LogP contribution in [0.2, 0.25) is 0 Å². The number of rotatable bonds is 2. The molecule has 0 amide bonds. The molecule has 0 aliphatic rings. The molecule has 4 heteroatoms. The largest absolute Gasteiger partial charge is 0.444 e. The average Bonchev–Trinajstić information content (AvgIpc) is 2.60. The van der Waals surface area contributed by atoms with E-state index < -0.39 is 0 Å². The molecule has 78 valence electrons. The number of oxazole rings is 1. The molecule has 0 fully saturated rings. The monoisotopic (exact) mass is 206 g/mol. The molecular weight excluding hydrogens is 195 g/mol. The molecule has 0 saturated heterocycles. The fourth-order valence-electron chi connectivity index (χ4n) is 1.44. The van der Waals surface area contributed by atoms with E-state index in [2.05, 4.69) is 4.98 Å². The van der Waals surface area contributed by atoms with E-state index in [4.69, 9.17) is 10.2 Å². The summed E-state index contributed by atoms with van der Waals surface area (Å²) in [7, 11) is 0. The summed E-state index contributed by atoms with van der Waals surface area (Å²) in [6, 6.07) is 6.46. The summed E-state index contributed by atoms with van der Waals surface area (Å²) in [5.74, 6) is 0.698. The second-order valence-corrected chi connectivity index (χ2v) is 3.20. The van der Waals surface area contributed by atoms with Gasteiger partial charge in [0.15, 0.2) is 0 Å². The van der Waals surface area contributed by atoms with Crippen molar-refractivity contribution < 1.29 is 8.81 Å². The minimum atomic E-state index is -0.308. The lowest BCUT2D eigenvalue weighted by Gasteiger charge is -1.98. The summed E-state index contributed by atoms with van der Waals surface area (Å²) in [5.41, 5.74) is 6.36. The third-order valence-electron chi connectivity index (χ3n) is 2.14. The van der Waals surface area contributed by atoms with E-state index in [1.54, 1.807) is 25.1 Å². The second-order valence-electron chi connectivity index (χ2n) is 3.20. The van der Waals surface area contributed by atoms with E-state index in [1.165, 1.54) is 6.07 Å². The summed E-state index contributed by atoms with van der Waals surface area (Å²) < 4.78 is 18.7. The van der Waals surface area contributed by atoms with Gasteiger partial charge in [0.1, 0.15) is 17.3 Å². The molecule has 0 atom stereocenters. The quantitative estimate of drug-likeness (QED) is 0.819. The molecule has 0 aliphatic carbocycles. The van der Waals surface area contributed by atoms with E-state index in [9.17, 15) is 4.39 Å². The highest BCUT2D eigenvalue weighted by Gasteiger charge is 2.13. The van der Waals surface area contributed by atoms with Crippen LogP contribution < -0.4 is 5.73 Å². The van der Waals surface area contributed by atoms with Crippen molar-refractivity contribution in [2.45, 2.75) is 13.5 Å². The number of hydrogen-bond donors (Lipinski definition) is 1. The van der Waals surface area contributed by atoms with Gasteiger partial charge in [-0.3, -0.25) is 0 Å². The molecule has 1 heterocycles. The van der Waals surface area contributed by atoms with Crippen LogP contribution in [-0.2, 0) is 6.54 Å². The number of halogens is 1. The Bertz CT molecular complexity index is 479. The highest BCUT2D eigenvalue weighted by molar-refractivity contribution is 5.61. The normalized spacial score (nSPS) is 10.6. The molecule has 1 aromatic heterocycles. The third-order valence-corrected chi connectivity index (χ3v) is 2.14. The van der Waals surface area contributed by atoms with E-state index in [0.29, 0.717) is 22.9 Å². The van der Waals surface area contributed by atoms with Crippen molar-refractivity contribution in [3.63, 3.8) is 0 Å². The first kappa shape index (κ1) is 9.86. The van der Waals surface area contributed by atoms with Gasteiger partial charge in [-0.25, -0.2) is 9.37 Å². The van der Waals surface area contributed by atoms with Crippen LogP contribution in [0, 0.1) is 12.7 Å². The molecular formula is C11H11FN2O. The Morgan fingerprint density at radius 2 is 2.13 bits per heavy atom. The number of aromatic nitrogens is 1. The highest BCUT2D eigenvalue weighted by atomic mass is 19.1. The Morgan fingerprint density at radius 1 is 1.40 bits per heavy atom. The van der Waals surface area contributed by atoms with Crippen LogP contribution in [-0.4, -0.2) is 4.98 Å². The topological polar surface area (TPSA) is 52.0 Å². The SMILES string of the molecule is Cc1oc(CN)nc1-c1ccccc1F. The maximum atomic E-state index is 13.5. The van der Waals surface area contributed by atoms with Crippen molar-refractivity contribution in [1.82, 2.24) is 4.98 Å². The molecule has 2 N–H and O–H groups in total. The van der Waals surface area contributed by atoms with E-state index >= 15 is 0 Å². The van der Waals surface area contributed by atoms with Gasteiger partial charge in [0.25, 0.3) is 0 Å². The Morgan fingerprint density at radius 3 is 2.73 bits per heavy atom. The number of nitrogens with zero attached hydrogens (tertiary/aromatic N) is 1. The molecule has 2 rings (SSSR count). The summed E-state index contributed by atoms with van der Waals surface area (Å²) in [6.07, 6.45) is 0. The molecule has 3 nitrogen and oxygen atoms in total. The van der Waals surface area contributed by atoms with Gasteiger partial charge in [-0.05, 0) is 19.1 Å². The van der Waals surface area contributed by atoms with Crippen molar-refractivity contribution in [3.05, 3.63) is 41.7 Å². The van der Waals surface area contributed by atoms with Crippen LogP contribution in [0.1, 0.15) is 11.7 Å². The van der Waals surface area contributed by atoms with Gasteiger partial charge in [0.2, 0.25) is 5.89 Å².